The van der Waals surface area contributed by atoms with Crippen molar-refractivity contribution in [3.8, 4) is 0 Å². The van der Waals surface area contributed by atoms with E-state index in [1.54, 1.807) is 0 Å². The maximum atomic E-state index is 13.1. The third-order valence-corrected chi connectivity index (χ3v) is 6.31. The second-order valence-electron chi connectivity index (χ2n) is 8.75. The second-order valence-corrected chi connectivity index (χ2v) is 8.75. The van der Waals surface area contributed by atoms with Crippen LogP contribution in [-0.4, -0.2) is 67.0 Å². The fourth-order valence-electron chi connectivity index (χ4n) is 4.53. The molecule has 0 aromatic heterocycles. The SMILES string of the molecule is CC(CN1CCOCC1)N(Cc1ccccc1)C(=O)CNC(=O)CC1CCCCC1. The van der Waals surface area contributed by atoms with E-state index >= 15 is 0 Å². The van der Waals surface area contributed by atoms with Gasteiger partial charge < -0.3 is 15.0 Å². The summed E-state index contributed by atoms with van der Waals surface area (Å²) in [5.41, 5.74) is 1.10. The molecule has 2 amide bonds. The van der Waals surface area contributed by atoms with E-state index in [1.807, 2.05) is 35.2 Å². The predicted molar refractivity (Wildman–Crippen MR) is 118 cm³/mol. The predicted octanol–water partition coefficient (Wildman–Crippen LogP) is 2.82. The normalized spacial score (nSPS) is 19.2. The molecule has 1 atom stereocenters. The number of benzene rings is 1. The van der Waals surface area contributed by atoms with Crippen LogP contribution in [-0.2, 0) is 20.9 Å². The maximum Gasteiger partial charge on any atom is 0.242 e. The number of amides is 2. The molecule has 2 fully saturated rings. The number of carbonyl (C=O) groups excluding carboxylic acids is 2. The van der Waals surface area contributed by atoms with E-state index in [2.05, 4.69) is 17.1 Å². The average Bonchev–Trinajstić information content (AvgIpc) is 2.78. The van der Waals surface area contributed by atoms with Crippen LogP contribution < -0.4 is 5.32 Å². The number of rotatable bonds is 9. The van der Waals surface area contributed by atoms with Crippen molar-refractivity contribution in [1.82, 2.24) is 15.1 Å². The average molecular weight is 416 g/mol. The Morgan fingerprint density at radius 2 is 1.83 bits per heavy atom. The molecule has 30 heavy (non-hydrogen) atoms. The molecule has 0 spiro atoms. The minimum absolute atomic E-state index is 0.00995. The van der Waals surface area contributed by atoms with Crippen molar-refractivity contribution in [3.63, 3.8) is 0 Å². The zero-order valence-corrected chi connectivity index (χ0v) is 18.4. The lowest BCUT2D eigenvalue weighted by atomic mass is 9.87. The third kappa shape index (κ3) is 7.40. The molecule has 0 bridgehead atoms. The number of carbonyl (C=O) groups is 2. The standard InChI is InChI=1S/C24H37N3O3/c1-20(18-26-12-14-30-15-13-26)27(19-22-10-6-3-7-11-22)24(29)17-25-23(28)16-21-8-4-2-5-9-21/h3,6-7,10-11,20-21H,2,4-5,8-9,12-19H2,1H3,(H,25,28). The highest BCUT2D eigenvalue weighted by molar-refractivity contribution is 5.85. The van der Waals surface area contributed by atoms with Gasteiger partial charge in [-0.3, -0.25) is 14.5 Å². The number of nitrogens with one attached hydrogen (secondary N) is 1. The van der Waals surface area contributed by atoms with Crippen molar-refractivity contribution in [2.45, 2.75) is 58.0 Å². The number of morpholine rings is 1. The minimum Gasteiger partial charge on any atom is -0.379 e. The Balaban J connectivity index is 1.55. The van der Waals surface area contributed by atoms with Crippen molar-refractivity contribution >= 4 is 11.8 Å². The first-order valence-electron chi connectivity index (χ1n) is 11.5. The van der Waals surface area contributed by atoms with Gasteiger partial charge in [0, 0.05) is 38.6 Å². The molecule has 3 rings (SSSR count). The number of hydrogen-bond donors (Lipinski definition) is 1. The molecule has 0 radical (unpaired) electrons. The van der Waals surface area contributed by atoms with E-state index in [9.17, 15) is 9.59 Å². The summed E-state index contributed by atoms with van der Waals surface area (Å²) in [7, 11) is 0. The fraction of sp³-hybridized carbons (Fsp3) is 0.667. The van der Waals surface area contributed by atoms with E-state index in [0.717, 1.165) is 51.3 Å². The molecule has 1 heterocycles. The van der Waals surface area contributed by atoms with E-state index in [4.69, 9.17) is 4.74 Å². The molecule has 1 unspecified atom stereocenters. The first kappa shape index (κ1) is 22.8. The Kier molecular flexibility index (Phi) is 9.15. The molecule has 1 saturated heterocycles. The zero-order chi connectivity index (χ0) is 21.2. The van der Waals surface area contributed by atoms with Crippen LogP contribution in [0.4, 0.5) is 0 Å². The lowest BCUT2D eigenvalue weighted by Crippen LogP contribution is -2.50. The van der Waals surface area contributed by atoms with Gasteiger partial charge in [0.1, 0.15) is 0 Å². The van der Waals surface area contributed by atoms with Crippen LogP contribution in [0.25, 0.3) is 0 Å². The highest BCUT2D eigenvalue weighted by Crippen LogP contribution is 2.26. The Morgan fingerprint density at radius 3 is 2.53 bits per heavy atom. The topological polar surface area (TPSA) is 61.9 Å². The molecular weight excluding hydrogens is 378 g/mol. The van der Waals surface area contributed by atoms with Gasteiger partial charge in [-0.1, -0.05) is 49.6 Å². The van der Waals surface area contributed by atoms with Crippen molar-refractivity contribution in [1.29, 1.82) is 0 Å². The monoisotopic (exact) mass is 415 g/mol. The summed E-state index contributed by atoms with van der Waals surface area (Å²) < 4.78 is 5.44. The lowest BCUT2D eigenvalue weighted by molar-refractivity contribution is -0.136. The molecule has 1 N–H and O–H groups in total. The van der Waals surface area contributed by atoms with Gasteiger partial charge in [0.2, 0.25) is 11.8 Å². The van der Waals surface area contributed by atoms with Crippen LogP contribution >= 0.6 is 0 Å². The Bertz CT molecular complexity index is 655. The first-order valence-corrected chi connectivity index (χ1v) is 11.5. The Morgan fingerprint density at radius 1 is 1.13 bits per heavy atom. The van der Waals surface area contributed by atoms with E-state index in [1.165, 1.54) is 19.3 Å². The number of nitrogens with zero attached hydrogens (tertiary/aromatic N) is 2. The summed E-state index contributed by atoms with van der Waals surface area (Å²) in [6.45, 7) is 6.84. The zero-order valence-electron chi connectivity index (χ0n) is 18.4. The highest BCUT2D eigenvalue weighted by atomic mass is 16.5. The molecular formula is C24H37N3O3. The molecule has 1 aliphatic heterocycles. The minimum atomic E-state index is -0.0170. The smallest absolute Gasteiger partial charge is 0.242 e. The van der Waals surface area contributed by atoms with Crippen molar-refractivity contribution in [2.75, 3.05) is 39.4 Å². The van der Waals surface area contributed by atoms with E-state index in [-0.39, 0.29) is 24.4 Å². The van der Waals surface area contributed by atoms with Gasteiger partial charge in [-0.05, 0) is 31.2 Å². The van der Waals surface area contributed by atoms with Gasteiger partial charge in [0.05, 0.1) is 19.8 Å². The maximum absolute atomic E-state index is 13.1. The van der Waals surface area contributed by atoms with Gasteiger partial charge in [-0.15, -0.1) is 0 Å². The van der Waals surface area contributed by atoms with Gasteiger partial charge in [0.25, 0.3) is 0 Å². The Hall–Kier alpha value is -1.92. The summed E-state index contributed by atoms with van der Waals surface area (Å²) >= 11 is 0. The van der Waals surface area contributed by atoms with Crippen LogP contribution in [0.1, 0.15) is 51.0 Å². The van der Waals surface area contributed by atoms with Crippen molar-refractivity contribution in [3.05, 3.63) is 35.9 Å². The molecule has 1 aromatic carbocycles. The summed E-state index contributed by atoms with van der Waals surface area (Å²) in [6.07, 6.45) is 6.55. The summed E-state index contributed by atoms with van der Waals surface area (Å²) in [4.78, 5) is 29.7. The van der Waals surface area contributed by atoms with E-state index in [0.29, 0.717) is 18.9 Å². The molecule has 166 valence electrons. The van der Waals surface area contributed by atoms with E-state index < -0.39 is 0 Å². The molecule has 1 saturated carbocycles. The summed E-state index contributed by atoms with van der Waals surface area (Å²) in [5, 5.41) is 2.89. The Labute approximate surface area is 180 Å². The van der Waals surface area contributed by atoms with Crippen LogP contribution in [0.2, 0.25) is 0 Å². The fourth-order valence-corrected chi connectivity index (χ4v) is 4.53. The van der Waals surface area contributed by atoms with Crippen LogP contribution in [0.3, 0.4) is 0 Å². The molecule has 1 aliphatic carbocycles. The van der Waals surface area contributed by atoms with Crippen molar-refractivity contribution in [2.24, 2.45) is 5.92 Å². The molecule has 1 aromatic rings. The quantitative estimate of drug-likeness (QED) is 0.674. The molecule has 6 heteroatoms. The van der Waals surface area contributed by atoms with Gasteiger partial charge in [0.15, 0.2) is 0 Å². The lowest BCUT2D eigenvalue weighted by Gasteiger charge is -2.35. The molecule has 2 aliphatic rings. The van der Waals surface area contributed by atoms with Gasteiger partial charge >= 0.3 is 0 Å². The first-order chi connectivity index (χ1) is 14.6. The molecule has 6 nitrogen and oxygen atoms in total. The van der Waals surface area contributed by atoms with Gasteiger partial charge in [-0.25, -0.2) is 0 Å². The van der Waals surface area contributed by atoms with Crippen LogP contribution in [0.15, 0.2) is 30.3 Å². The summed E-state index contributed by atoms with van der Waals surface area (Å²) in [6, 6.07) is 10.1. The van der Waals surface area contributed by atoms with Crippen LogP contribution in [0.5, 0.6) is 0 Å². The van der Waals surface area contributed by atoms with Crippen molar-refractivity contribution < 1.29 is 14.3 Å². The number of ether oxygens (including phenoxy) is 1. The van der Waals surface area contributed by atoms with Crippen LogP contribution in [0, 0.1) is 5.92 Å². The summed E-state index contributed by atoms with van der Waals surface area (Å²) in [5.74, 6) is 0.474. The largest absolute Gasteiger partial charge is 0.379 e. The second kappa shape index (κ2) is 12.1. The van der Waals surface area contributed by atoms with Gasteiger partial charge in [-0.2, -0.15) is 0 Å². The highest BCUT2D eigenvalue weighted by Gasteiger charge is 2.24. The number of hydrogen-bond acceptors (Lipinski definition) is 4. The third-order valence-electron chi connectivity index (χ3n) is 6.31.